The second kappa shape index (κ2) is 13.6. The third kappa shape index (κ3) is 6.22. The van der Waals surface area contributed by atoms with Gasteiger partial charge in [-0.25, -0.2) is 17.6 Å². The number of fused-ring (bicyclic) bond motifs is 3. The third-order valence-electron chi connectivity index (χ3n) is 10.3. The summed E-state index contributed by atoms with van der Waals surface area (Å²) in [7, 11) is 0. The minimum absolute atomic E-state index is 0.0543. The first kappa shape index (κ1) is 34.2. The molecule has 3 aromatic heterocycles. The Kier molecular flexibility index (Phi) is 8.77. The standard InChI is InChI=1S/C38H32F4N8O3/c1-2-26-29(40)7-6-22-15-25(51)17-27(31(22)26)33-32(42)34-28(19-43-33)35(46-37(45-34)53-21-38-8-4-10-50(38)20-23(39)18-38)48-11-13-49(14-12-48)36(52)30(41)16-24-5-3-9-44-47-24/h1,3,5-7,9,15-17,19,23,51H,4,8,10-14,18,20-21H2/b30-16-/t23?,38-/m0/s1. The first-order valence-corrected chi connectivity index (χ1v) is 17.1. The fourth-order valence-corrected chi connectivity index (χ4v) is 7.77. The number of alkyl halides is 1. The number of carbonyl (C=O) groups excluding carboxylic acids is 1. The number of hydrogen-bond acceptors (Lipinski definition) is 10. The second-order valence-electron chi connectivity index (χ2n) is 13.5. The van der Waals surface area contributed by atoms with Crippen LogP contribution in [-0.4, -0.2) is 104 Å². The predicted octanol–water partition coefficient (Wildman–Crippen LogP) is 5.21. The number of piperazine rings is 1. The molecule has 3 aliphatic rings. The van der Waals surface area contributed by atoms with E-state index >= 15 is 4.39 Å². The van der Waals surface area contributed by atoms with Crippen molar-refractivity contribution >= 4 is 39.5 Å². The zero-order chi connectivity index (χ0) is 36.9. The normalized spacial score (nSPS) is 20.6. The third-order valence-corrected chi connectivity index (χ3v) is 10.3. The van der Waals surface area contributed by atoms with Crippen LogP contribution >= 0.6 is 0 Å². The number of phenolic OH excluding ortho intramolecular Hbond substituents is 1. The largest absolute Gasteiger partial charge is 0.508 e. The van der Waals surface area contributed by atoms with Crippen molar-refractivity contribution in [1.82, 2.24) is 34.9 Å². The van der Waals surface area contributed by atoms with Gasteiger partial charge in [0.05, 0.1) is 22.2 Å². The summed E-state index contributed by atoms with van der Waals surface area (Å²) >= 11 is 0. The van der Waals surface area contributed by atoms with Crippen LogP contribution in [0, 0.1) is 24.0 Å². The Morgan fingerprint density at radius 3 is 2.74 bits per heavy atom. The molecule has 2 atom stereocenters. The molecule has 1 unspecified atom stereocenters. The molecule has 3 aliphatic heterocycles. The molecule has 3 fully saturated rings. The van der Waals surface area contributed by atoms with Crippen LogP contribution in [0.15, 0.2) is 54.6 Å². The number of phenols is 1. The second-order valence-corrected chi connectivity index (χ2v) is 13.5. The van der Waals surface area contributed by atoms with Gasteiger partial charge in [-0.15, -0.1) is 6.42 Å². The van der Waals surface area contributed by atoms with Gasteiger partial charge in [-0.05, 0) is 55.1 Å². The summed E-state index contributed by atoms with van der Waals surface area (Å²) in [6, 6.07) is 8.20. The molecule has 15 heteroatoms. The van der Waals surface area contributed by atoms with Gasteiger partial charge in [0, 0.05) is 68.6 Å². The Labute approximate surface area is 300 Å². The number of ether oxygens (including phenoxy) is 1. The maximum Gasteiger partial charge on any atom is 0.319 e. The van der Waals surface area contributed by atoms with Crippen LogP contribution in [0.1, 0.15) is 30.5 Å². The summed E-state index contributed by atoms with van der Waals surface area (Å²) in [4.78, 5) is 31.8. The van der Waals surface area contributed by atoms with Crippen molar-refractivity contribution in [3.05, 3.63) is 77.5 Å². The minimum Gasteiger partial charge on any atom is -0.508 e. The molecule has 1 N–H and O–H groups in total. The van der Waals surface area contributed by atoms with Crippen LogP contribution in [0.4, 0.5) is 23.4 Å². The van der Waals surface area contributed by atoms with Crippen molar-refractivity contribution in [2.45, 2.75) is 31.0 Å². The number of benzene rings is 2. The molecule has 0 radical (unpaired) electrons. The van der Waals surface area contributed by atoms with E-state index in [0.29, 0.717) is 18.4 Å². The van der Waals surface area contributed by atoms with Gasteiger partial charge >= 0.3 is 6.01 Å². The molecule has 6 heterocycles. The van der Waals surface area contributed by atoms with Gasteiger partial charge < -0.3 is 19.6 Å². The molecular weight excluding hydrogens is 692 g/mol. The number of aromatic nitrogens is 5. The highest BCUT2D eigenvalue weighted by Crippen LogP contribution is 2.42. The summed E-state index contributed by atoms with van der Waals surface area (Å²) in [6.07, 6.45) is 10.4. The van der Waals surface area contributed by atoms with E-state index in [4.69, 9.17) is 11.2 Å². The predicted molar refractivity (Wildman–Crippen MR) is 188 cm³/mol. The summed E-state index contributed by atoms with van der Waals surface area (Å²) in [5.74, 6) is -1.02. The number of terminal acetylenes is 1. The number of aromatic hydroxyl groups is 1. The van der Waals surface area contributed by atoms with E-state index < -0.39 is 35.1 Å². The zero-order valence-electron chi connectivity index (χ0n) is 28.3. The molecule has 0 bridgehead atoms. The maximum atomic E-state index is 16.9. The molecule has 270 valence electrons. The molecule has 5 aromatic rings. The van der Waals surface area contributed by atoms with Crippen LogP contribution in [-0.2, 0) is 4.79 Å². The fourth-order valence-electron chi connectivity index (χ4n) is 7.77. The Morgan fingerprint density at radius 1 is 1.13 bits per heavy atom. The van der Waals surface area contributed by atoms with Crippen LogP contribution in [0.2, 0.25) is 0 Å². The van der Waals surface area contributed by atoms with Crippen LogP contribution in [0.25, 0.3) is 39.0 Å². The summed E-state index contributed by atoms with van der Waals surface area (Å²) in [5, 5.41) is 18.8. The summed E-state index contributed by atoms with van der Waals surface area (Å²) in [6.45, 7) is 1.76. The van der Waals surface area contributed by atoms with Crippen LogP contribution in [0.3, 0.4) is 0 Å². The molecule has 1 amide bonds. The van der Waals surface area contributed by atoms with Crippen molar-refractivity contribution in [3.8, 4) is 35.4 Å². The molecule has 0 saturated carbocycles. The Bertz CT molecular complexity index is 2330. The Balaban J connectivity index is 1.17. The van der Waals surface area contributed by atoms with Crippen molar-refractivity contribution in [3.63, 3.8) is 0 Å². The number of rotatable bonds is 7. The van der Waals surface area contributed by atoms with Gasteiger partial charge in [-0.2, -0.15) is 20.2 Å². The van der Waals surface area contributed by atoms with Crippen molar-refractivity contribution in [1.29, 1.82) is 0 Å². The summed E-state index contributed by atoms with van der Waals surface area (Å²) in [5.41, 5.74) is -0.815. The number of hydrogen-bond donors (Lipinski definition) is 1. The average Bonchev–Trinajstić information content (AvgIpc) is 3.69. The molecule has 0 aliphatic carbocycles. The molecule has 11 nitrogen and oxygen atoms in total. The highest BCUT2D eigenvalue weighted by molar-refractivity contribution is 6.03. The smallest absolute Gasteiger partial charge is 0.319 e. The molecule has 3 saturated heterocycles. The number of nitrogens with zero attached hydrogens (tertiary/aromatic N) is 8. The molecule has 0 spiro atoms. The van der Waals surface area contributed by atoms with E-state index in [1.807, 2.05) is 0 Å². The average molecular weight is 725 g/mol. The van der Waals surface area contributed by atoms with Crippen molar-refractivity contribution < 1.29 is 32.2 Å². The van der Waals surface area contributed by atoms with Gasteiger partial charge in [0.25, 0.3) is 5.91 Å². The lowest BCUT2D eigenvalue weighted by Crippen LogP contribution is -2.49. The van der Waals surface area contributed by atoms with Crippen LogP contribution < -0.4 is 9.64 Å². The van der Waals surface area contributed by atoms with Crippen molar-refractivity contribution in [2.75, 3.05) is 50.8 Å². The topological polar surface area (TPSA) is 121 Å². The van der Waals surface area contributed by atoms with E-state index in [1.165, 1.54) is 47.6 Å². The number of anilines is 1. The lowest BCUT2D eigenvalue weighted by atomic mass is 9.95. The van der Waals surface area contributed by atoms with Gasteiger partial charge in [-0.1, -0.05) is 12.0 Å². The number of carbonyl (C=O) groups is 1. The first-order chi connectivity index (χ1) is 25.6. The molecular formula is C38H32F4N8O3. The van der Waals surface area contributed by atoms with Gasteiger partial charge in [0.1, 0.15) is 41.4 Å². The van der Waals surface area contributed by atoms with E-state index in [1.54, 1.807) is 11.0 Å². The molecule has 2 aromatic carbocycles. The van der Waals surface area contributed by atoms with Crippen molar-refractivity contribution in [2.24, 2.45) is 0 Å². The van der Waals surface area contributed by atoms with Gasteiger partial charge in [-0.3, -0.25) is 14.7 Å². The maximum absolute atomic E-state index is 16.9. The first-order valence-electron chi connectivity index (χ1n) is 17.1. The molecule has 8 rings (SSSR count). The molecule has 53 heavy (non-hydrogen) atoms. The Hall–Kier alpha value is -5.88. The summed E-state index contributed by atoms with van der Waals surface area (Å²) < 4.78 is 67.4. The van der Waals surface area contributed by atoms with Gasteiger partial charge in [0.15, 0.2) is 11.6 Å². The number of halogens is 4. The van der Waals surface area contributed by atoms with E-state index in [9.17, 15) is 23.1 Å². The van der Waals surface area contributed by atoms with Gasteiger partial charge in [0.2, 0.25) is 0 Å². The van der Waals surface area contributed by atoms with E-state index in [0.717, 1.165) is 25.5 Å². The highest BCUT2D eigenvalue weighted by Gasteiger charge is 2.49. The number of amides is 1. The number of pyridine rings is 1. The monoisotopic (exact) mass is 724 g/mol. The quantitative estimate of drug-likeness (QED) is 0.136. The lowest BCUT2D eigenvalue weighted by Gasteiger charge is -2.35. The fraction of sp³-hybridized carbons (Fsp3) is 0.316. The zero-order valence-corrected chi connectivity index (χ0v) is 28.3. The SMILES string of the molecule is C#Cc1c(F)ccc2cc(O)cc(-c3ncc4c(N5CCN(C(=O)/C(F)=C/c6cccnn6)CC5)nc(OC[C@@]56CCCN5CC(F)C6)nc4c3F)c12. The highest BCUT2D eigenvalue weighted by atomic mass is 19.1. The Morgan fingerprint density at radius 2 is 1.96 bits per heavy atom. The minimum atomic E-state index is -0.993. The van der Waals surface area contributed by atoms with E-state index in [2.05, 4.69) is 36.0 Å². The lowest BCUT2D eigenvalue weighted by molar-refractivity contribution is -0.128. The van der Waals surface area contributed by atoms with E-state index in [-0.39, 0.29) is 89.2 Å². The van der Waals surface area contributed by atoms with Crippen LogP contribution in [0.5, 0.6) is 11.8 Å².